The average Bonchev–Trinajstić information content (AvgIpc) is 3.69. The maximum atomic E-state index is 7.00. The zero-order chi connectivity index (χ0) is 29.3. The second kappa shape index (κ2) is 21.5. The molecule has 0 bridgehead atoms. The van der Waals surface area contributed by atoms with Gasteiger partial charge < -0.3 is 25.1 Å². The van der Waals surface area contributed by atoms with E-state index in [9.17, 15) is 0 Å². The van der Waals surface area contributed by atoms with Gasteiger partial charge >= 0.3 is 24.4 Å². The Morgan fingerprint density at radius 1 is 0.524 bits per heavy atom. The summed E-state index contributed by atoms with van der Waals surface area (Å²) in [6.07, 6.45) is 2.20. The fourth-order valence-corrected chi connectivity index (χ4v) is 4.74. The van der Waals surface area contributed by atoms with Gasteiger partial charge in [0.1, 0.15) is 0 Å². The molecule has 2 nitrogen and oxygen atoms in total. The normalized spacial score (nSPS) is 9.17. The number of aliphatic hydroxyl groups is 2. The summed E-state index contributed by atoms with van der Waals surface area (Å²) in [5.74, 6) is 0. The van der Waals surface area contributed by atoms with Crippen LogP contribution in [-0.2, 0) is 29.1 Å². The number of hydrogen-bond donors (Lipinski definition) is 2. The van der Waals surface area contributed by atoms with Crippen LogP contribution in [0.5, 0.6) is 0 Å². The van der Waals surface area contributed by atoms with Gasteiger partial charge in [0.05, 0.1) is 0 Å². The molecule has 0 aliphatic heterocycles. The number of rotatable bonds is 4. The molecule has 0 fully saturated rings. The van der Waals surface area contributed by atoms with Gasteiger partial charge in [-0.3, -0.25) is 0 Å². The molecule has 221 valence electrons. The van der Waals surface area contributed by atoms with Gasteiger partial charge in [-0.1, -0.05) is 97.8 Å². The number of benzene rings is 4. The molecule has 0 unspecified atom stereocenters. The Bertz CT molecular complexity index is 1420. The quantitative estimate of drug-likeness (QED) is 0.154. The molecule has 6 aromatic carbocycles. The molecule has 0 amide bonds. The molecule has 2 N–H and O–H groups in total. The summed E-state index contributed by atoms with van der Waals surface area (Å²) in [6.45, 7) is 4.41. The summed E-state index contributed by atoms with van der Waals surface area (Å²) >= 11 is 2.12. The Labute approximate surface area is 265 Å². The van der Waals surface area contributed by atoms with Gasteiger partial charge in [-0.2, -0.15) is 12.1 Å². The van der Waals surface area contributed by atoms with E-state index in [4.69, 9.17) is 10.2 Å². The van der Waals surface area contributed by atoms with Crippen molar-refractivity contribution in [2.75, 3.05) is 14.2 Å². The van der Waals surface area contributed by atoms with E-state index in [0.29, 0.717) is 0 Å². The van der Waals surface area contributed by atoms with Crippen molar-refractivity contribution >= 4 is 29.7 Å². The summed E-state index contributed by atoms with van der Waals surface area (Å²) in [5, 5.41) is 19.4. The molecule has 6 rings (SSSR count). The molecule has 6 aromatic rings. The third kappa shape index (κ3) is 9.98. The van der Waals surface area contributed by atoms with Crippen molar-refractivity contribution in [2.45, 2.75) is 26.7 Å². The first kappa shape index (κ1) is 38.8. The van der Waals surface area contributed by atoms with Crippen molar-refractivity contribution in [1.82, 2.24) is 0 Å². The van der Waals surface area contributed by atoms with E-state index in [-0.39, 0.29) is 14.9 Å². The van der Waals surface area contributed by atoms with Crippen molar-refractivity contribution in [1.29, 1.82) is 0 Å². The van der Waals surface area contributed by atoms with Gasteiger partial charge in [0.2, 0.25) is 0 Å². The van der Waals surface area contributed by atoms with Crippen molar-refractivity contribution in [3.8, 4) is 22.3 Å². The second-order valence-corrected chi connectivity index (χ2v) is 8.78. The molecule has 0 heterocycles. The van der Waals surface area contributed by atoms with Gasteiger partial charge in [-0.15, -0.1) is 69.1 Å². The standard InChI is InChI=1S/2C17H15.2CH4O.2CH3.Si.V/c2*1-2-13-11-15-9-6-10-16(17(15)12-13)14-7-4-3-5-8-14;2*1-2;;;;/h2*3-12H,2H2,1H3;2*2H,1H3;2*1H3;;/q2*-1;;;2*-1;;. The summed E-state index contributed by atoms with van der Waals surface area (Å²) in [5.41, 5.74) is 8.11. The van der Waals surface area contributed by atoms with Crippen LogP contribution in [-0.4, -0.2) is 32.6 Å². The predicted molar refractivity (Wildman–Crippen MR) is 184 cm³/mol. The van der Waals surface area contributed by atoms with Gasteiger partial charge in [0, 0.05) is 14.2 Å². The van der Waals surface area contributed by atoms with Crippen LogP contribution in [0.2, 0.25) is 0 Å². The first-order valence-electron chi connectivity index (χ1n) is 13.4. The molecule has 0 aliphatic rings. The van der Waals surface area contributed by atoms with Crippen molar-refractivity contribution < 1.29 is 26.5 Å². The van der Waals surface area contributed by atoms with Crippen LogP contribution in [0.25, 0.3) is 43.8 Å². The fraction of sp³-hybridized carbons (Fsp3) is 0.158. The molecule has 0 spiro atoms. The molecule has 4 heteroatoms. The predicted octanol–water partition coefficient (Wildman–Crippen LogP) is 9.31. The van der Waals surface area contributed by atoms with Crippen molar-refractivity contribution in [3.63, 3.8) is 0 Å². The molecular weight excluding hydrogens is 567 g/mol. The molecule has 0 aromatic heterocycles. The Balaban J connectivity index is 0.000000654. The zero-order valence-corrected chi connectivity index (χ0v) is 28.2. The topological polar surface area (TPSA) is 40.5 Å². The molecule has 0 aliphatic carbocycles. The summed E-state index contributed by atoms with van der Waals surface area (Å²) in [7, 11) is 4.91. The number of fused-ring (bicyclic) bond motifs is 2. The van der Waals surface area contributed by atoms with Gasteiger partial charge in [0.15, 0.2) is 0 Å². The van der Waals surface area contributed by atoms with Crippen LogP contribution in [0.1, 0.15) is 25.0 Å². The van der Waals surface area contributed by atoms with Crippen LogP contribution in [0.4, 0.5) is 0 Å². The Hall–Kier alpha value is -3.18. The molecule has 2 radical (unpaired) electrons. The minimum atomic E-state index is 0. The second-order valence-electron chi connectivity index (χ2n) is 8.78. The minimum absolute atomic E-state index is 0. The molecule has 0 saturated carbocycles. The zero-order valence-electron chi connectivity index (χ0n) is 25.8. The third-order valence-corrected chi connectivity index (χ3v) is 6.61. The van der Waals surface area contributed by atoms with Gasteiger partial charge in [-0.25, -0.2) is 0 Å². The Morgan fingerprint density at radius 3 is 1.17 bits per heavy atom. The Morgan fingerprint density at radius 2 is 0.857 bits per heavy atom. The van der Waals surface area contributed by atoms with Crippen molar-refractivity contribution in [2.24, 2.45) is 0 Å². The van der Waals surface area contributed by atoms with E-state index in [0.717, 1.165) is 27.1 Å². The van der Waals surface area contributed by atoms with E-state index in [2.05, 4.69) is 160 Å². The SMILES string of the molecule is CCc1cc2c(-c3ccccc3)cccc2[cH-]1.CCc1cc2c(-c3ccccc3)cccc2[cH-]1.CO.CO.[CH3-].[CH3-].[Si]=[V]. The Kier molecular flexibility index (Phi) is 19.9. The first-order valence-corrected chi connectivity index (χ1v) is 15.9. The van der Waals surface area contributed by atoms with Crippen LogP contribution < -0.4 is 0 Å². The van der Waals surface area contributed by atoms with E-state index >= 15 is 0 Å². The van der Waals surface area contributed by atoms with Crippen LogP contribution in [0.3, 0.4) is 0 Å². The van der Waals surface area contributed by atoms with Crippen LogP contribution in [0, 0.1) is 14.9 Å². The third-order valence-electron chi connectivity index (χ3n) is 6.61. The molecular formula is C38H44O2SiV-4. The van der Waals surface area contributed by atoms with E-state index < -0.39 is 0 Å². The van der Waals surface area contributed by atoms with E-state index in [1.54, 1.807) is 0 Å². The summed E-state index contributed by atoms with van der Waals surface area (Å²) in [6, 6.07) is 43.5. The molecule has 0 saturated heterocycles. The molecule has 0 atom stereocenters. The van der Waals surface area contributed by atoms with Crippen LogP contribution in [0.15, 0.2) is 121 Å². The molecule has 42 heavy (non-hydrogen) atoms. The average molecular weight is 612 g/mol. The van der Waals surface area contributed by atoms with E-state index in [1.807, 2.05) is 0 Å². The summed E-state index contributed by atoms with van der Waals surface area (Å²) < 4.78 is 0. The van der Waals surface area contributed by atoms with Crippen molar-refractivity contribution in [3.05, 3.63) is 147 Å². The number of aryl methyl sites for hydroxylation is 2. The maximum absolute atomic E-state index is 7.00. The van der Waals surface area contributed by atoms with Gasteiger partial charge in [0.25, 0.3) is 0 Å². The fourth-order valence-electron chi connectivity index (χ4n) is 4.74. The summed E-state index contributed by atoms with van der Waals surface area (Å²) in [4.78, 5) is 0. The number of aliphatic hydroxyl groups excluding tert-OH is 2. The van der Waals surface area contributed by atoms with Gasteiger partial charge in [-0.05, 0) is 24.0 Å². The first-order chi connectivity index (χ1) is 19.8. The monoisotopic (exact) mass is 611 g/mol. The van der Waals surface area contributed by atoms with E-state index in [1.165, 1.54) is 54.9 Å². The van der Waals surface area contributed by atoms with Crippen LogP contribution >= 0.6 is 0 Å². The number of hydrogen-bond acceptors (Lipinski definition) is 2.